The van der Waals surface area contributed by atoms with Crippen molar-refractivity contribution in [2.45, 2.75) is 38.3 Å². The number of carbonyl (C=O) groups is 1. The highest BCUT2D eigenvalue weighted by Gasteiger charge is 2.30. The molecule has 0 aliphatic carbocycles. The van der Waals surface area contributed by atoms with E-state index in [2.05, 4.69) is 10.3 Å². The predicted octanol–water partition coefficient (Wildman–Crippen LogP) is 2.33. The van der Waals surface area contributed by atoms with Gasteiger partial charge < -0.3 is 10.1 Å². The van der Waals surface area contributed by atoms with Gasteiger partial charge >= 0.3 is 0 Å². The second-order valence-electron chi connectivity index (χ2n) is 5.56. The van der Waals surface area contributed by atoms with E-state index in [1.165, 1.54) is 0 Å². The topological polar surface area (TPSA) is 94.4 Å². The van der Waals surface area contributed by atoms with Gasteiger partial charge in [-0.15, -0.1) is 0 Å². The number of hydrogen-bond acceptors (Lipinski definition) is 5. The van der Waals surface area contributed by atoms with Crippen LogP contribution in [0.15, 0.2) is 12.3 Å². The molecular weight excluding hydrogens is 298 g/mol. The molecule has 2 heterocycles. The van der Waals surface area contributed by atoms with Gasteiger partial charge in [0.15, 0.2) is 0 Å². The molecule has 0 bridgehead atoms. The lowest BCUT2D eigenvalue weighted by Crippen LogP contribution is -2.45. The average Bonchev–Trinajstić information content (AvgIpc) is 2.37. The first-order chi connectivity index (χ1) is 9.78. The van der Waals surface area contributed by atoms with Gasteiger partial charge in [0, 0.05) is 18.7 Å². The van der Waals surface area contributed by atoms with Crippen LogP contribution in [-0.4, -0.2) is 34.1 Å². The molecule has 2 rings (SSSR count). The van der Waals surface area contributed by atoms with Crippen molar-refractivity contribution < 1.29 is 14.5 Å². The van der Waals surface area contributed by atoms with Crippen LogP contribution in [0, 0.1) is 10.1 Å². The number of carbonyl (C=O) groups excluding carboxylic acids is 1. The van der Waals surface area contributed by atoms with E-state index in [0.29, 0.717) is 19.4 Å². The molecule has 1 aliphatic heterocycles. The number of ether oxygens (including phenoxy) is 1. The number of nitrogens with zero attached hydrogens (tertiary/aromatic N) is 2. The van der Waals surface area contributed by atoms with E-state index >= 15 is 0 Å². The van der Waals surface area contributed by atoms with Crippen molar-refractivity contribution in [1.82, 2.24) is 10.3 Å². The normalized spacial score (nSPS) is 20.8. The van der Waals surface area contributed by atoms with Gasteiger partial charge in [0.05, 0.1) is 16.1 Å². The van der Waals surface area contributed by atoms with E-state index in [1.54, 1.807) is 0 Å². The van der Waals surface area contributed by atoms with E-state index in [0.717, 1.165) is 12.3 Å². The molecule has 8 heteroatoms. The molecule has 1 aromatic heterocycles. The number of aromatic nitrogens is 1. The molecule has 1 amide bonds. The smallest absolute Gasteiger partial charge is 0.288 e. The molecular formula is C13H16ClN3O4. The Bertz CT molecular complexity index is 577. The standard InChI is InChI=1S/C13H16ClN3O4/c1-13(2)6-8(3-4-21-13)16-12(18)10-5-9(17(19)20)7-15-11(10)14/h5,7-8H,3-4,6H2,1-2H3,(H,16,18). The Morgan fingerprint density at radius 3 is 2.95 bits per heavy atom. The first-order valence-electron chi connectivity index (χ1n) is 6.53. The molecule has 1 aromatic rings. The largest absolute Gasteiger partial charge is 0.375 e. The van der Waals surface area contributed by atoms with Crippen molar-refractivity contribution in [3.63, 3.8) is 0 Å². The summed E-state index contributed by atoms with van der Waals surface area (Å²) in [6.45, 7) is 4.46. The summed E-state index contributed by atoms with van der Waals surface area (Å²) in [5, 5.41) is 13.5. The highest BCUT2D eigenvalue weighted by molar-refractivity contribution is 6.32. The van der Waals surface area contributed by atoms with Crippen LogP contribution in [0.25, 0.3) is 0 Å². The number of nitrogens with one attached hydrogen (secondary N) is 1. The fourth-order valence-corrected chi connectivity index (χ4v) is 2.50. The van der Waals surface area contributed by atoms with Crippen molar-refractivity contribution >= 4 is 23.2 Å². The minimum absolute atomic E-state index is 0.00941. The highest BCUT2D eigenvalue weighted by atomic mass is 35.5. The summed E-state index contributed by atoms with van der Waals surface area (Å²) in [4.78, 5) is 26.0. The lowest BCUT2D eigenvalue weighted by atomic mass is 9.94. The van der Waals surface area contributed by atoms with Gasteiger partial charge in [-0.3, -0.25) is 14.9 Å². The Balaban J connectivity index is 2.13. The molecule has 1 atom stereocenters. The van der Waals surface area contributed by atoms with Crippen molar-refractivity contribution in [1.29, 1.82) is 0 Å². The SMILES string of the molecule is CC1(C)CC(NC(=O)c2cc([N+](=O)[O-])cnc2Cl)CCO1. The van der Waals surface area contributed by atoms with E-state index in [-0.39, 0.29) is 28.0 Å². The molecule has 0 radical (unpaired) electrons. The fraction of sp³-hybridized carbons (Fsp3) is 0.538. The monoisotopic (exact) mass is 313 g/mol. The highest BCUT2D eigenvalue weighted by Crippen LogP contribution is 2.25. The van der Waals surface area contributed by atoms with E-state index in [4.69, 9.17) is 16.3 Å². The van der Waals surface area contributed by atoms with Crippen LogP contribution in [0.2, 0.25) is 5.15 Å². The maximum absolute atomic E-state index is 12.2. The molecule has 0 saturated carbocycles. The minimum Gasteiger partial charge on any atom is -0.375 e. The fourth-order valence-electron chi connectivity index (χ4n) is 2.31. The van der Waals surface area contributed by atoms with Gasteiger partial charge in [0.25, 0.3) is 11.6 Å². The Kier molecular flexibility index (Phi) is 4.43. The number of halogens is 1. The Hall–Kier alpha value is -1.73. The van der Waals surface area contributed by atoms with Gasteiger partial charge in [-0.25, -0.2) is 4.98 Å². The van der Waals surface area contributed by atoms with Crippen LogP contribution < -0.4 is 5.32 Å². The molecule has 0 spiro atoms. The zero-order valence-electron chi connectivity index (χ0n) is 11.8. The van der Waals surface area contributed by atoms with Crippen molar-refractivity contribution in [3.8, 4) is 0 Å². The third-order valence-corrected chi connectivity index (χ3v) is 3.61. The quantitative estimate of drug-likeness (QED) is 0.525. The molecule has 1 N–H and O–H groups in total. The number of pyridine rings is 1. The minimum atomic E-state index is -0.613. The van der Waals surface area contributed by atoms with Gasteiger partial charge in [-0.2, -0.15) is 0 Å². The van der Waals surface area contributed by atoms with Crippen molar-refractivity contribution in [2.24, 2.45) is 0 Å². The van der Waals surface area contributed by atoms with Crippen LogP contribution in [0.4, 0.5) is 5.69 Å². The zero-order chi connectivity index (χ0) is 15.6. The second kappa shape index (κ2) is 5.95. The molecule has 1 aliphatic rings. The third kappa shape index (κ3) is 3.89. The van der Waals surface area contributed by atoms with Crippen LogP contribution in [0.5, 0.6) is 0 Å². The first kappa shape index (κ1) is 15.7. The number of nitro groups is 1. The molecule has 1 fully saturated rings. The van der Waals surface area contributed by atoms with E-state index in [1.807, 2.05) is 13.8 Å². The van der Waals surface area contributed by atoms with E-state index < -0.39 is 10.8 Å². The van der Waals surface area contributed by atoms with Crippen LogP contribution >= 0.6 is 11.6 Å². The maximum Gasteiger partial charge on any atom is 0.288 e. The number of hydrogen-bond donors (Lipinski definition) is 1. The van der Waals surface area contributed by atoms with Crippen molar-refractivity contribution in [2.75, 3.05) is 6.61 Å². The number of amides is 1. The molecule has 0 aromatic carbocycles. The second-order valence-corrected chi connectivity index (χ2v) is 5.92. The first-order valence-corrected chi connectivity index (χ1v) is 6.91. The lowest BCUT2D eigenvalue weighted by Gasteiger charge is -2.35. The summed E-state index contributed by atoms with van der Waals surface area (Å²) in [6, 6.07) is 1.08. The van der Waals surface area contributed by atoms with Crippen LogP contribution in [-0.2, 0) is 4.74 Å². The average molecular weight is 314 g/mol. The lowest BCUT2D eigenvalue weighted by molar-refractivity contribution is -0.385. The third-order valence-electron chi connectivity index (χ3n) is 3.31. The van der Waals surface area contributed by atoms with Crippen molar-refractivity contribution in [3.05, 3.63) is 33.1 Å². The predicted molar refractivity (Wildman–Crippen MR) is 76.4 cm³/mol. The Labute approximate surface area is 126 Å². The zero-order valence-corrected chi connectivity index (χ0v) is 12.5. The molecule has 1 unspecified atom stereocenters. The molecule has 7 nitrogen and oxygen atoms in total. The van der Waals surface area contributed by atoms with Gasteiger partial charge in [-0.1, -0.05) is 11.6 Å². The van der Waals surface area contributed by atoms with Crippen LogP contribution in [0.3, 0.4) is 0 Å². The Morgan fingerprint density at radius 1 is 1.62 bits per heavy atom. The summed E-state index contributed by atoms with van der Waals surface area (Å²) >= 11 is 5.85. The Morgan fingerprint density at radius 2 is 2.33 bits per heavy atom. The molecule has 1 saturated heterocycles. The van der Waals surface area contributed by atoms with Crippen LogP contribution in [0.1, 0.15) is 37.0 Å². The summed E-state index contributed by atoms with van der Waals surface area (Å²) in [7, 11) is 0. The van der Waals surface area contributed by atoms with E-state index in [9.17, 15) is 14.9 Å². The van der Waals surface area contributed by atoms with Gasteiger partial charge in [0.2, 0.25) is 0 Å². The molecule has 114 valence electrons. The summed E-state index contributed by atoms with van der Waals surface area (Å²) in [6.07, 6.45) is 2.38. The molecule has 21 heavy (non-hydrogen) atoms. The summed E-state index contributed by atoms with van der Waals surface area (Å²) in [5.41, 5.74) is -0.562. The summed E-state index contributed by atoms with van der Waals surface area (Å²) < 4.78 is 5.58. The van der Waals surface area contributed by atoms with Gasteiger partial charge in [-0.05, 0) is 26.7 Å². The maximum atomic E-state index is 12.2. The summed E-state index contributed by atoms with van der Waals surface area (Å²) in [5.74, 6) is -0.459. The number of rotatable bonds is 3. The van der Waals surface area contributed by atoms with Gasteiger partial charge in [0.1, 0.15) is 11.3 Å².